The third kappa shape index (κ3) is 20.6. The van der Waals surface area contributed by atoms with Crippen molar-refractivity contribution in [1.29, 1.82) is 0 Å². The van der Waals surface area contributed by atoms with Gasteiger partial charge in [0.25, 0.3) is 0 Å². The van der Waals surface area contributed by atoms with Crippen LogP contribution in [0.2, 0.25) is 0 Å². The summed E-state index contributed by atoms with van der Waals surface area (Å²) < 4.78 is 4.76. The SMILES string of the molecule is CCCCC/C=C\[C@H](C)/C=C\C/C=C\C/C=C\CCCCNC(=O)COC. The lowest BCUT2D eigenvalue weighted by Crippen LogP contribution is -2.27. The first kappa shape index (κ1) is 25.4. The first-order valence-electron chi connectivity index (χ1n) is 10.6. The molecule has 0 radical (unpaired) electrons. The Balaban J connectivity index is 3.55. The Morgan fingerprint density at radius 1 is 0.889 bits per heavy atom. The number of nitrogens with one attached hydrogen (secondary N) is 1. The number of methoxy groups -OCH3 is 1. The second-order valence-corrected chi connectivity index (χ2v) is 6.90. The van der Waals surface area contributed by atoms with Crippen molar-refractivity contribution in [2.75, 3.05) is 20.3 Å². The number of ether oxygens (including phenoxy) is 1. The zero-order valence-electron chi connectivity index (χ0n) is 17.8. The number of rotatable bonds is 17. The van der Waals surface area contributed by atoms with E-state index in [9.17, 15) is 4.79 Å². The normalized spacial score (nSPS) is 13.4. The monoisotopic (exact) mass is 375 g/mol. The number of unbranched alkanes of at least 4 members (excludes halogenated alkanes) is 5. The third-order valence-electron chi connectivity index (χ3n) is 4.13. The molecular weight excluding hydrogens is 334 g/mol. The molecule has 0 fully saturated rings. The summed E-state index contributed by atoms with van der Waals surface area (Å²) in [7, 11) is 1.53. The third-order valence-corrected chi connectivity index (χ3v) is 4.13. The van der Waals surface area contributed by atoms with Crippen LogP contribution in [0.3, 0.4) is 0 Å². The fraction of sp³-hybridized carbons (Fsp3) is 0.625. The van der Waals surface area contributed by atoms with Crippen molar-refractivity contribution >= 4 is 5.91 Å². The fourth-order valence-corrected chi connectivity index (χ4v) is 2.54. The quantitative estimate of drug-likeness (QED) is 0.245. The average molecular weight is 376 g/mol. The second kappa shape index (κ2) is 20.7. The van der Waals surface area contributed by atoms with Crippen LogP contribution in [0.5, 0.6) is 0 Å². The Morgan fingerprint density at radius 2 is 1.52 bits per heavy atom. The number of hydrogen-bond acceptors (Lipinski definition) is 2. The highest BCUT2D eigenvalue weighted by Gasteiger charge is 1.97. The van der Waals surface area contributed by atoms with E-state index in [0.717, 1.165) is 38.6 Å². The summed E-state index contributed by atoms with van der Waals surface area (Å²) in [6.07, 6.45) is 28.3. The lowest BCUT2D eigenvalue weighted by Gasteiger charge is -2.02. The van der Waals surface area contributed by atoms with Crippen LogP contribution in [0.15, 0.2) is 48.6 Å². The molecule has 0 saturated heterocycles. The van der Waals surface area contributed by atoms with Crippen molar-refractivity contribution < 1.29 is 9.53 Å². The van der Waals surface area contributed by atoms with Crippen LogP contribution < -0.4 is 5.32 Å². The Bertz CT molecular complexity index is 449. The molecule has 1 amide bonds. The molecule has 0 aliphatic carbocycles. The van der Waals surface area contributed by atoms with Crippen LogP contribution in [-0.2, 0) is 9.53 Å². The molecule has 154 valence electrons. The molecule has 0 aromatic rings. The molecule has 0 aliphatic heterocycles. The van der Waals surface area contributed by atoms with Crippen molar-refractivity contribution in [2.24, 2.45) is 5.92 Å². The molecule has 1 N–H and O–H groups in total. The maximum absolute atomic E-state index is 11.2. The van der Waals surface area contributed by atoms with E-state index in [0.29, 0.717) is 5.92 Å². The van der Waals surface area contributed by atoms with Crippen LogP contribution in [0.1, 0.15) is 71.6 Å². The zero-order chi connectivity index (χ0) is 20.0. The van der Waals surface area contributed by atoms with Crippen LogP contribution in [0.25, 0.3) is 0 Å². The molecule has 27 heavy (non-hydrogen) atoms. The average Bonchev–Trinajstić information content (AvgIpc) is 2.65. The van der Waals surface area contributed by atoms with Crippen molar-refractivity contribution in [3.05, 3.63) is 48.6 Å². The Morgan fingerprint density at radius 3 is 2.26 bits per heavy atom. The molecule has 0 unspecified atom stereocenters. The molecule has 3 heteroatoms. The Hall–Kier alpha value is -1.61. The van der Waals surface area contributed by atoms with Gasteiger partial charge in [0.2, 0.25) is 5.91 Å². The van der Waals surface area contributed by atoms with Gasteiger partial charge in [-0.05, 0) is 50.9 Å². The molecule has 0 aromatic heterocycles. The lowest BCUT2D eigenvalue weighted by atomic mass is 10.1. The predicted molar refractivity (Wildman–Crippen MR) is 118 cm³/mol. The second-order valence-electron chi connectivity index (χ2n) is 6.90. The molecular formula is C24H41NO2. The molecule has 0 rings (SSSR count). The van der Waals surface area contributed by atoms with Gasteiger partial charge >= 0.3 is 0 Å². The largest absolute Gasteiger partial charge is 0.375 e. The van der Waals surface area contributed by atoms with Gasteiger partial charge in [-0.15, -0.1) is 0 Å². The summed E-state index contributed by atoms with van der Waals surface area (Å²) in [6, 6.07) is 0. The Kier molecular flexibility index (Phi) is 19.5. The van der Waals surface area contributed by atoms with Gasteiger partial charge in [-0.25, -0.2) is 0 Å². The van der Waals surface area contributed by atoms with E-state index < -0.39 is 0 Å². The maximum atomic E-state index is 11.2. The highest BCUT2D eigenvalue weighted by molar-refractivity contribution is 5.77. The molecule has 0 aromatic carbocycles. The smallest absolute Gasteiger partial charge is 0.245 e. The summed E-state index contributed by atoms with van der Waals surface area (Å²) in [6.45, 7) is 5.36. The first-order chi connectivity index (χ1) is 13.2. The van der Waals surface area contributed by atoms with Gasteiger partial charge in [0, 0.05) is 13.7 Å². The lowest BCUT2D eigenvalue weighted by molar-refractivity contribution is -0.124. The molecule has 3 nitrogen and oxygen atoms in total. The number of carbonyl (C=O) groups excluding carboxylic acids is 1. The van der Waals surface area contributed by atoms with Gasteiger partial charge < -0.3 is 10.1 Å². The van der Waals surface area contributed by atoms with Crippen molar-refractivity contribution in [3.63, 3.8) is 0 Å². The summed E-state index contributed by atoms with van der Waals surface area (Å²) in [4.78, 5) is 11.2. The minimum atomic E-state index is -0.0374. The van der Waals surface area contributed by atoms with E-state index in [2.05, 4.69) is 67.8 Å². The van der Waals surface area contributed by atoms with Crippen LogP contribution in [0, 0.1) is 5.92 Å². The minimum absolute atomic E-state index is 0.0374. The fourth-order valence-electron chi connectivity index (χ4n) is 2.54. The zero-order valence-corrected chi connectivity index (χ0v) is 17.8. The van der Waals surface area contributed by atoms with E-state index >= 15 is 0 Å². The van der Waals surface area contributed by atoms with E-state index in [-0.39, 0.29) is 12.5 Å². The van der Waals surface area contributed by atoms with Gasteiger partial charge in [-0.3, -0.25) is 4.79 Å². The van der Waals surface area contributed by atoms with Crippen molar-refractivity contribution in [1.82, 2.24) is 5.32 Å². The summed E-state index contributed by atoms with van der Waals surface area (Å²) in [5.41, 5.74) is 0. The maximum Gasteiger partial charge on any atom is 0.245 e. The minimum Gasteiger partial charge on any atom is -0.375 e. The van der Waals surface area contributed by atoms with E-state index in [1.807, 2.05) is 0 Å². The topological polar surface area (TPSA) is 38.3 Å². The van der Waals surface area contributed by atoms with E-state index in [4.69, 9.17) is 4.74 Å². The van der Waals surface area contributed by atoms with Crippen LogP contribution in [-0.4, -0.2) is 26.2 Å². The number of carbonyl (C=O) groups is 1. The molecule has 0 aliphatic rings. The molecule has 0 saturated carbocycles. The first-order valence-corrected chi connectivity index (χ1v) is 10.6. The van der Waals surface area contributed by atoms with Gasteiger partial charge in [0.05, 0.1) is 0 Å². The van der Waals surface area contributed by atoms with Gasteiger partial charge in [0.15, 0.2) is 0 Å². The number of allylic oxidation sites excluding steroid dienone is 8. The van der Waals surface area contributed by atoms with Crippen molar-refractivity contribution in [2.45, 2.75) is 71.6 Å². The number of hydrogen-bond donors (Lipinski definition) is 1. The van der Waals surface area contributed by atoms with E-state index in [1.165, 1.54) is 32.8 Å². The van der Waals surface area contributed by atoms with Gasteiger partial charge in [-0.2, -0.15) is 0 Å². The Labute approximate surface area is 167 Å². The van der Waals surface area contributed by atoms with Gasteiger partial charge in [-0.1, -0.05) is 75.3 Å². The summed E-state index contributed by atoms with van der Waals surface area (Å²) >= 11 is 0. The molecule has 0 spiro atoms. The molecule has 0 bridgehead atoms. The molecule has 1 atom stereocenters. The standard InChI is InChI=1S/C24H41NO2/c1-4-5-6-13-16-19-23(2)20-17-14-11-9-7-8-10-12-15-18-21-25-24(26)22-27-3/h8-11,16-17,19-20,23H,4-7,12-15,18,21-22H2,1-3H3,(H,25,26)/b10-8-,11-9-,19-16-,20-17-/t23-/m0/s1. The highest BCUT2D eigenvalue weighted by atomic mass is 16.5. The predicted octanol–water partition coefficient (Wildman–Crippen LogP) is 6.14. The highest BCUT2D eigenvalue weighted by Crippen LogP contribution is 2.05. The van der Waals surface area contributed by atoms with Crippen LogP contribution in [0.4, 0.5) is 0 Å². The summed E-state index contributed by atoms with van der Waals surface area (Å²) in [5.74, 6) is 0.490. The summed E-state index contributed by atoms with van der Waals surface area (Å²) in [5, 5.41) is 2.83. The van der Waals surface area contributed by atoms with Crippen molar-refractivity contribution in [3.8, 4) is 0 Å². The van der Waals surface area contributed by atoms with Crippen LogP contribution >= 0.6 is 0 Å². The number of amides is 1. The van der Waals surface area contributed by atoms with E-state index in [1.54, 1.807) is 0 Å². The van der Waals surface area contributed by atoms with Gasteiger partial charge in [0.1, 0.15) is 6.61 Å². The molecule has 0 heterocycles.